The quantitative estimate of drug-likeness (QED) is 0.922. The SMILES string of the molecule is C[C@]1(C(=O)O)OC2(CCCC2)O[C@@H]1Cc1ccccc1. The van der Waals surface area contributed by atoms with Gasteiger partial charge in [0.05, 0.1) is 0 Å². The van der Waals surface area contributed by atoms with E-state index in [0.29, 0.717) is 6.42 Å². The fourth-order valence-electron chi connectivity index (χ4n) is 3.23. The van der Waals surface area contributed by atoms with E-state index >= 15 is 0 Å². The maximum absolute atomic E-state index is 11.7. The highest BCUT2D eigenvalue weighted by molar-refractivity contribution is 5.78. The molecule has 1 saturated carbocycles. The number of hydrogen-bond donors (Lipinski definition) is 1. The van der Waals surface area contributed by atoms with E-state index < -0.39 is 23.5 Å². The molecule has 108 valence electrons. The smallest absolute Gasteiger partial charge is 0.338 e. The Morgan fingerprint density at radius 2 is 1.95 bits per heavy atom. The van der Waals surface area contributed by atoms with E-state index in [9.17, 15) is 9.90 Å². The van der Waals surface area contributed by atoms with Crippen LogP contribution in [0, 0.1) is 0 Å². The van der Waals surface area contributed by atoms with Gasteiger partial charge in [0.25, 0.3) is 0 Å². The molecule has 0 amide bonds. The van der Waals surface area contributed by atoms with Gasteiger partial charge < -0.3 is 14.6 Å². The van der Waals surface area contributed by atoms with Gasteiger partial charge in [-0.1, -0.05) is 30.3 Å². The number of aliphatic carboxylic acids is 1. The molecule has 4 nitrogen and oxygen atoms in total. The molecule has 2 fully saturated rings. The van der Waals surface area contributed by atoms with Crippen LogP contribution in [-0.4, -0.2) is 28.6 Å². The lowest BCUT2D eigenvalue weighted by molar-refractivity contribution is -0.194. The van der Waals surface area contributed by atoms with Gasteiger partial charge in [-0.3, -0.25) is 0 Å². The number of rotatable bonds is 3. The van der Waals surface area contributed by atoms with Gasteiger partial charge in [-0.2, -0.15) is 0 Å². The van der Waals surface area contributed by atoms with Crippen LogP contribution in [-0.2, 0) is 20.7 Å². The van der Waals surface area contributed by atoms with Gasteiger partial charge in [0.1, 0.15) is 6.10 Å². The van der Waals surface area contributed by atoms with Crippen LogP contribution in [0.2, 0.25) is 0 Å². The van der Waals surface area contributed by atoms with Crippen LogP contribution in [0.25, 0.3) is 0 Å². The highest BCUT2D eigenvalue weighted by atomic mass is 16.8. The summed E-state index contributed by atoms with van der Waals surface area (Å²) in [5.74, 6) is -1.62. The van der Waals surface area contributed by atoms with Gasteiger partial charge in [-0.05, 0) is 25.3 Å². The highest BCUT2D eigenvalue weighted by Crippen LogP contribution is 2.47. The Morgan fingerprint density at radius 3 is 2.55 bits per heavy atom. The normalized spacial score (nSPS) is 31.8. The van der Waals surface area contributed by atoms with E-state index in [4.69, 9.17) is 9.47 Å². The van der Waals surface area contributed by atoms with Gasteiger partial charge >= 0.3 is 5.97 Å². The summed E-state index contributed by atoms with van der Waals surface area (Å²) in [6, 6.07) is 9.84. The summed E-state index contributed by atoms with van der Waals surface area (Å²) in [6.45, 7) is 1.63. The molecule has 4 heteroatoms. The fraction of sp³-hybridized carbons (Fsp3) is 0.562. The van der Waals surface area contributed by atoms with Gasteiger partial charge in [0.2, 0.25) is 0 Å². The molecule has 3 rings (SSSR count). The minimum absolute atomic E-state index is 0.444. The van der Waals surface area contributed by atoms with Gasteiger partial charge in [0, 0.05) is 19.3 Å². The zero-order valence-electron chi connectivity index (χ0n) is 11.7. The summed E-state index contributed by atoms with van der Waals surface area (Å²) in [4.78, 5) is 11.7. The number of benzene rings is 1. The van der Waals surface area contributed by atoms with Crippen molar-refractivity contribution in [3.63, 3.8) is 0 Å². The molecule has 1 aliphatic heterocycles. The van der Waals surface area contributed by atoms with Crippen molar-refractivity contribution in [3.8, 4) is 0 Å². The number of carbonyl (C=O) groups is 1. The summed E-state index contributed by atoms with van der Waals surface area (Å²) in [5, 5.41) is 9.56. The first-order chi connectivity index (χ1) is 9.54. The Labute approximate surface area is 118 Å². The Balaban J connectivity index is 1.85. The van der Waals surface area contributed by atoms with Crippen molar-refractivity contribution in [1.29, 1.82) is 0 Å². The Hall–Kier alpha value is -1.39. The standard InChI is InChI=1S/C16H20O4/c1-15(14(17)18)13(11-12-7-3-2-4-8-12)19-16(20-15)9-5-6-10-16/h2-4,7-8,13H,5-6,9-11H2,1H3,(H,17,18)/t13-,15+/m1/s1. The third-order valence-corrected chi connectivity index (χ3v) is 4.42. The molecule has 1 N–H and O–H groups in total. The van der Waals surface area contributed by atoms with E-state index in [2.05, 4.69) is 0 Å². The van der Waals surface area contributed by atoms with Crippen LogP contribution in [0.5, 0.6) is 0 Å². The first-order valence-corrected chi connectivity index (χ1v) is 7.19. The highest BCUT2D eigenvalue weighted by Gasteiger charge is 2.59. The van der Waals surface area contributed by atoms with Crippen molar-refractivity contribution < 1.29 is 19.4 Å². The molecule has 0 unspecified atom stereocenters. The molecule has 0 aromatic heterocycles. The lowest BCUT2D eigenvalue weighted by Crippen LogP contribution is -2.46. The fourth-order valence-corrected chi connectivity index (χ4v) is 3.23. The summed E-state index contributed by atoms with van der Waals surface area (Å²) < 4.78 is 12.0. The first kappa shape index (κ1) is 13.6. The minimum atomic E-state index is -1.26. The summed E-state index contributed by atoms with van der Waals surface area (Å²) in [6.07, 6.45) is 3.77. The number of hydrogen-bond acceptors (Lipinski definition) is 3. The molecule has 0 radical (unpaired) electrons. The molecule has 1 heterocycles. The van der Waals surface area contributed by atoms with Gasteiger partial charge in [0.15, 0.2) is 11.4 Å². The molecular formula is C16H20O4. The average molecular weight is 276 g/mol. The first-order valence-electron chi connectivity index (χ1n) is 7.19. The number of carboxylic acids is 1. The second-order valence-electron chi connectivity index (χ2n) is 5.93. The van der Waals surface area contributed by atoms with Crippen molar-refractivity contribution in [2.75, 3.05) is 0 Å². The molecule has 2 aliphatic rings. The molecule has 2 atom stereocenters. The average Bonchev–Trinajstić information content (AvgIpc) is 2.98. The molecule has 1 spiro atoms. The second-order valence-corrected chi connectivity index (χ2v) is 5.93. The molecule has 1 saturated heterocycles. The minimum Gasteiger partial charge on any atom is -0.479 e. The lowest BCUT2D eigenvalue weighted by atomic mass is 9.93. The number of carboxylic acid groups (broad SMARTS) is 1. The summed E-state index contributed by atoms with van der Waals surface area (Å²) in [7, 11) is 0. The Kier molecular flexibility index (Phi) is 3.30. The van der Waals surface area contributed by atoms with E-state index in [1.807, 2.05) is 30.3 Å². The maximum Gasteiger partial charge on any atom is 0.338 e. The molecule has 1 aromatic rings. The van der Waals surface area contributed by atoms with E-state index in [-0.39, 0.29) is 0 Å². The molecule has 1 aliphatic carbocycles. The van der Waals surface area contributed by atoms with Crippen molar-refractivity contribution in [1.82, 2.24) is 0 Å². The Morgan fingerprint density at radius 1 is 1.30 bits per heavy atom. The predicted octanol–water partition coefficient (Wildman–Crippen LogP) is 2.76. The van der Waals surface area contributed by atoms with Crippen LogP contribution in [0.4, 0.5) is 0 Å². The van der Waals surface area contributed by atoms with Crippen molar-refractivity contribution in [2.45, 2.75) is 56.5 Å². The lowest BCUT2D eigenvalue weighted by Gasteiger charge is -2.25. The van der Waals surface area contributed by atoms with Crippen LogP contribution >= 0.6 is 0 Å². The van der Waals surface area contributed by atoms with Gasteiger partial charge in [-0.15, -0.1) is 0 Å². The molecular weight excluding hydrogens is 256 g/mol. The largest absolute Gasteiger partial charge is 0.479 e. The number of ether oxygens (including phenoxy) is 2. The second kappa shape index (κ2) is 4.86. The maximum atomic E-state index is 11.7. The van der Waals surface area contributed by atoms with Crippen molar-refractivity contribution in [3.05, 3.63) is 35.9 Å². The van der Waals surface area contributed by atoms with Crippen molar-refractivity contribution in [2.24, 2.45) is 0 Å². The summed E-state index contributed by atoms with van der Waals surface area (Å²) in [5.41, 5.74) is -0.191. The van der Waals surface area contributed by atoms with Gasteiger partial charge in [-0.25, -0.2) is 4.79 Å². The van der Waals surface area contributed by atoms with Crippen LogP contribution in [0.15, 0.2) is 30.3 Å². The van der Waals surface area contributed by atoms with E-state index in [1.165, 1.54) is 0 Å². The zero-order chi connectivity index (χ0) is 14.2. The summed E-state index contributed by atoms with van der Waals surface area (Å²) >= 11 is 0. The molecule has 20 heavy (non-hydrogen) atoms. The van der Waals surface area contributed by atoms with Crippen LogP contribution in [0.1, 0.15) is 38.2 Å². The predicted molar refractivity (Wildman–Crippen MR) is 73.3 cm³/mol. The Bertz CT molecular complexity index is 492. The zero-order valence-corrected chi connectivity index (χ0v) is 11.7. The van der Waals surface area contributed by atoms with Crippen molar-refractivity contribution >= 4 is 5.97 Å². The van der Waals surface area contributed by atoms with Crippen LogP contribution < -0.4 is 0 Å². The molecule has 1 aromatic carbocycles. The monoisotopic (exact) mass is 276 g/mol. The third kappa shape index (κ3) is 2.23. The third-order valence-electron chi connectivity index (χ3n) is 4.42. The topological polar surface area (TPSA) is 55.8 Å². The van der Waals surface area contributed by atoms with E-state index in [1.54, 1.807) is 6.92 Å². The molecule has 0 bridgehead atoms. The van der Waals surface area contributed by atoms with Crippen LogP contribution in [0.3, 0.4) is 0 Å². The van der Waals surface area contributed by atoms with E-state index in [0.717, 1.165) is 31.2 Å².